The van der Waals surface area contributed by atoms with Crippen LogP contribution in [-0.2, 0) is 4.79 Å². The van der Waals surface area contributed by atoms with Gasteiger partial charge in [-0.25, -0.2) is 0 Å². The van der Waals surface area contributed by atoms with Crippen molar-refractivity contribution in [3.8, 4) is 0 Å². The molecule has 0 aromatic heterocycles. The highest BCUT2D eigenvalue weighted by molar-refractivity contribution is 5.95. The van der Waals surface area contributed by atoms with Gasteiger partial charge in [-0.05, 0) is 49.0 Å². The van der Waals surface area contributed by atoms with Gasteiger partial charge in [-0.1, -0.05) is 54.6 Å². The lowest BCUT2D eigenvalue weighted by molar-refractivity contribution is -0.136. The van der Waals surface area contributed by atoms with E-state index in [4.69, 9.17) is 0 Å². The minimum atomic E-state index is 0.0302. The van der Waals surface area contributed by atoms with Gasteiger partial charge in [-0.2, -0.15) is 0 Å². The molecule has 2 aromatic carbocycles. The Hall–Kier alpha value is -2.88. The molecule has 0 radical (unpaired) electrons. The summed E-state index contributed by atoms with van der Waals surface area (Å²) in [4.78, 5) is 29.7. The van der Waals surface area contributed by atoms with Crippen molar-refractivity contribution in [1.29, 1.82) is 0 Å². The molecule has 4 nitrogen and oxygen atoms in total. The number of piperidine rings is 1. The molecule has 1 fully saturated rings. The fourth-order valence-electron chi connectivity index (χ4n) is 4.35. The summed E-state index contributed by atoms with van der Waals surface area (Å²) in [6, 6.07) is 18.1. The molecule has 0 bridgehead atoms. The summed E-state index contributed by atoms with van der Waals surface area (Å²) in [5.41, 5.74) is 4.35. The van der Waals surface area contributed by atoms with Gasteiger partial charge in [0.2, 0.25) is 5.91 Å². The lowest BCUT2D eigenvalue weighted by Crippen LogP contribution is -2.45. The summed E-state index contributed by atoms with van der Waals surface area (Å²) < 4.78 is 0. The average Bonchev–Trinajstić information content (AvgIpc) is 2.79. The number of benzene rings is 2. The Morgan fingerprint density at radius 1 is 0.862 bits per heavy atom. The van der Waals surface area contributed by atoms with E-state index in [0.29, 0.717) is 19.6 Å². The lowest BCUT2D eigenvalue weighted by Gasteiger charge is -2.35. The zero-order chi connectivity index (χ0) is 20.2. The molecular weight excluding hydrogens is 360 g/mol. The molecule has 2 heterocycles. The number of likely N-dealkylation sites (tertiary alicyclic amines) is 1. The van der Waals surface area contributed by atoms with Crippen molar-refractivity contribution >= 4 is 17.4 Å². The highest BCUT2D eigenvalue weighted by atomic mass is 16.2. The molecule has 29 heavy (non-hydrogen) atoms. The molecule has 0 unspecified atom stereocenters. The molecule has 0 spiro atoms. The van der Waals surface area contributed by atoms with Gasteiger partial charge in [0, 0.05) is 37.7 Å². The molecule has 4 heteroatoms. The molecule has 0 N–H and O–H groups in total. The van der Waals surface area contributed by atoms with Crippen LogP contribution in [0.3, 0.4) is 0 Å². The van der Waals surface area contributed by atoms with Crippen LogP contribution in [0, 0.1) is 12.8 Å². The number of rotatable bonds is 3. The Labute approximate surface area is 172 Å². The number of carbonyl (C=O) groups excluding carboxylic acids is 2. The maximum Gasteiger partial charge on any atom is 0.254 e. The van der Waals surface area contributed by atoms with Crippen molar-refractivity contribution in [2.75, 3.05) is 26.2 Å². The minimum absolute atomic E-state index is 0.0302. The highest BCUT2D eigenvalue weighted by Crippen LogP contribution is 2.26. The van der Waals surface area contributed by atoms with Gasteiger partial charge in [0.15, 0.2) is 0 Å². The summed E-state index contributed by atoms with van der Waals surface area (Å²) in [5.74, 6) is 0.362. The Morgan fingerprint density at radius 3 is 2.21 bits per heavy atom. The zero-order valence-corrected chi connectivity index (χ0v) is 17.0. The van der Waals surface area contributed by atoms with E-state index in [1.54, 1.807) is 0 Å². The van der Waals surface area contributed by atoms with Crippen LogP contribution in [0.5, 0.6) is 0 Å². The fourth-order valence-corrected chi connectivity index (χ4v) is 4.35. The van der Waals surface area contributed by atoms with Crippen molar-refractivity contribution in [1.82, 2.24) is 9.80 Å². The largest absolute Gasteiger partial charge is 0.339 e. The van der Waals surface area contributed by atoms with Crippen LogP contribution >= 0.6 is 0 Å². The van der Waals surface area contributed by atoms with E-state index < -0.39 is 0 Å². The molecule has 1 saturated heterocycles. The van der Waals surface area contributed by atoms with Crippen LogP contribution < -0.4 is 0 Å². The van der Waals surface area contributed by atoms with E-state index >= 15 is 0 Å². The van der Waals surface area contributed by atoms with E-state index in [2.05, 4.69) is 30.3 Å². The molecule has 2 aliphatic rings. The normalized spacial score (nSPS) is 17.8. The molecule has 0 saturated carbocycles. The van der Waals surface area contributed by atoms with Crippen LogP contribution in [0.1, 0.15) is 40.7 Å². The minimum Gasteiger partial charge on any atom is -0.339 e. The number of hydrogen-bond acceptors (Lipinski definition) is 2. The van der Waals surface area contributed by atoms with Gasteiger partial charge in [0.05, 0.1) is 0 Å². The number of nitrogens with zero attached hydrogens (tertiary/aromatic N) is 2. The maximum absolute atomic E-state index is 13.0. The summed E-state index contributed by atoms with van der Waals surface area (Å²) in [7, 11) is 0. The first-order chi connectivity index (χ1) is 14.1. The smallest absolute Gasteiger partial charge is 0.254 e. The average molecular weight is 389 g/mol. The van der Waals surface area contributed by atoms with Gasteiger partial charge >= 0.3 is 0 Å². The number of amides is 2. The summed E-state index contributed by atoms with van der Waals surface area (Å²) >= 11 is 0. The van der Waals surface area contributed by atoms with E-state index in [0.717, 1.165) is 36.9 Å². The van der Waals surface area contributed by atoms with Gasteiger partial charge in [-0.15, -0.1) is 0 Å². The third-order valence-electron chi connectivity index (χ3n) is 6.17. The molecule has 2 aromatic rings. The predicted molar refractivity (Wildman–Crippen MR) is 115 cm³/mol. The first-order valence-electron chi connectivity index (χ1n) is 10.5. The SMILES string of the molecule is Cc1ccccc1C(=O)N1CCC(C(=O)N2CC=C(c3ccccc3)CC2)CC1. The first-order valence-corrected chi connectivity index (χ1v) is 10.5. The third-order valence-corrected chi connectivity index (χ3v) is 6.17. The Bertz CT molecular complexity index is 911. The van der Waals surface area contributed by atoms with Gasteiger partial charge < -0.3 is 9.80 Å². The zero-order valence-electron chi connectivity index (χ0n) is 17.0. The van der Waals surface area contributed by atoms with Crippen molar-refractivity contribution in [2.45, 2.75) is 26.2 Å². The highest BCUT2D eigenvalue weighted by Gasteiger charge is 2.31. The molecular formula is C25H28N2O2. The first kappa shape index (κ1) is 19.4. The second-order valence-corrected chi connectivity index (χ2v) is 8.01. The predicted octanol–water partition coefficient (Wildman–Crippen LogP) is 4.16. The van der Waals surface area contributed by atoms with Gasteiger partial charge in [0.25, 0.3) is 5.91 Å². The maximum atomic E-state index is 13.0. The van der Waals surface area contributed by atoms with Crippen LogP contribution in [0.25, 0.3) is 5.57 Å². The van der Waals surface area contributed by atoms with Crippen molar-refractivity contribution in [2.24, 2.45) is 5.92 Å². The van der Waals surface area contributed by atoms with Gasteiger partial charge in [-0.3, -0.25) is 9.59 Å². The van der Waals surface area contributed by atoms with Crippen LogP contribution in [-0.4, -0.2) is 47.8 Å². The quantitative estimate of drug-likeness (QED) is 0.792. The number of carbonyl (C=O) groups is 2. The lowest BCUT2D eigenvalue weighted by atomic mass is 9.93. The third kappa shape index (κ3) is 4.26. The van der Waals surface area contributed by atoms with Crippen molar-refractivity contribution < 1.29 is 9.59 Å². The van der Waals surface area contributed by atoms with Crippen molar-refractivity contribution in [3.05, 3.63) is 77.4 Å². The Balaban J connectivity index is 1.32. The van der Waals surface area contributed by atoms with Gasteiger partial charge in [0.1, 0.15) is 0 Å². The molecule has 2 amide bonds. The van der Waals surface area contributed by atoms with Crippen LogP contribution in [0.15, 0.2) is 60.7 Å². The molecule has 0 atom stereocenters. The summed E-state index contributed by atoms with van der Waals surface area (Å²) in [6.07, 6.45) is 4.60. The van der Waals surface area contributed by atoms with E-state index in [-0.39, 0.29) is 17.7 Å². The molecule has 2 aliphatic heterocycles. The fraction of sp³-hybridized carbons (Fsp3) is 0.360. The molecule has 150 valence electrons. The van der Waals surface area contributed by atoms with E-state index in [1.165, 1.54) is 11.1 Å². The monoisotopic (exact) mass is 388 g/mol. The second-order valence-electron chi connectivity index (χ2n) is 8.01. The Kier molecular flexibility index (Phi) is 5.79. The number of aryl methyl sites for hydroxylation is 1. The van der Waals surface area contributed by atoms with E-state index in [1.807, 2.05) is 47.1 Å². The van der Waals surface area contributed by atoms with Crippen LogP contribution in [0.4, 0.5) is 0 Å². The molecule has 0 aliphatic carbocycles. The number of hydrogen-bond donors (Lipinski definition) is 0. The topological polar surface area (TPSA) is 40.6 Å². The molecule has 4 rings (SSSR count). The summed E-state index contributed by atoms with van der Waals surface area (Å²) in [5, 5.41) is 0. The van der Waals surface area contributed by atoms with E-state index in [9.17, 15) is 9.59 Å². The standard InChI is InChI=1S/C25H28N2O2/c1-19-7-5-6-10-23(19)25(29)27-17-13-22(14-18-27)24(28)26-15-11-21(12-16-26)20-8-3-2-4-9-20/h2-11,22H,12-18H2,1H3. The van der Waals surface area contributed by atoms with Crippen LogP contribution in [0.2, 0.25) is 0 Å². The Morgan fingerprint density at radius 2 is 1.55 bits per heavy atom. The van der Waals surface area contributed by atoms with Crippen molar-refractivity contribution in [3.63, 3.8) is 0 Å². The second kappa shape index (κ2) is 8.64. The summed E-state index contributed by atoms with van der Waals surface area (Å²) in [6.45, 7) is 4.75.